The number of nitriles is 1. The summed E-state index contributed by atoms with van der Waals surface area (Å²) in [7, 11) is 0. The largest absolute Gasteiger partial charge is 0.489 e. The van der Waals surface area contributed by atoms with E-state index in [4.69, 9.17) is 4.74 Å². The highest BCUT2D eigenvalue weighted by Gasteiger charge is 2.10. The molecule has 5 heteroatoms. The molecule has 0 aliphatic rings. The highest BCUT2D eigenvalue weighted by Crippen LogP contribution is 2.19. The standard InChI is InChI=1S/C23H17BrN2O2/c24-20-9-11-21(12-10-20)26-23(27)19(15-25)13-18-7-4-8-22(14-18)28-16-17-5-2-1-3-6-17/h1-14H,16H2,(H,26,27)/b19-13-. The van der Waals surface area contributed by atoms with Gasteiger partial charge in [0, 0.05) is 10.2 Å². The SMILES string of the molecule is N#C/C(=C/c1cccc(OCc2ccccc2)c1)C(=O)Nc1ccc(Br)cc1. The summed E-state index contributed by atoms with van der Waals surface area (Å²) in [5.74, 6) is 0.212. The molecule has 0 unspecified atom stereocenters. The highest BCUT2D eigenvalue weighted by atomic mass is 79.9. The zero-order valence-electron chi connectivity index (χ0n) is 14.9. The molecule has 3 rings (SSSR count). The monoisotopic (exact) mass is 432 g/mol. The van der Waals surface area contributed by atoms with Crippen LogP contribution in [0, 0.1) is 11.3 Å². The number of carbonyl (C=O) groups excluding carboxylic acids is 1. The molecule has 4 nitrogen and oxygen atoms in total. The fraction of sp³-hybridized carbons (Fsp3) is 0.0435. The first kappa shape index (κ1) is 19.4. The molecule has 0 heterocycles. The first-order chi connectivity index (χ1) is 13.6. The lowest BCUT2D eigenvalue weighted by Gasteiger charge is -2.07. The Morgan fingerprint density at radius 1 is 1.04 bits per heavy atom. The third-order valence-electron chi connectivity index (χ3n) is 3.88. The second-order valence-corrected chi connectivity index (χ2v) is 6.89. The summed E-state index contributed by atoms with van der Waals surface area (Å²) in [5, 5.41) is 12.1. The molecule has 1 N–H and O–H groups in total. The van der Waals surface area contributed by atoms with Crippen molar-refractivity contribution >= 4 is 33.6 Å². The van der Waals surface area contributed by atoms with Crippen molar-refractivity contribution < 1.29 is 9.53 Å². The molecular weight excluding hydrogens is 416 g/mol. The Morgan fingerprint density at radius 3 is 2.50 bits per heavy atom. The van der Waals surface area contributed by atoms with Crippen LogP contribution in [-0.2, 0) is 11.4 Å². The highest BCUT2D eigenvalue weighted by molar-refractivity contribution is 9.10. The minimum atomic E-state index is -0.458. The number of carbonyl (C=O) groups is 1. The van der Waals surface area contributed by atoms with Gasteiger partial charge in [0.1, 0.15) is 24.0 Å². The summed E-state index contributed by atoms with van der Waals surface area (Å²) in [5.41, 5.74) is 2.42. The number of nitrogens with zero attached hydrogens (tertiary/aromatic N) is 1. The summed E-state index contributed by atoms with van der Waals surface area (Å²) in [6.45, 7) is 0.448. The van der Waals surface area contributed by atoms with Crippen LogP contribution in [0.15, 0.2) is 88.9 Å². The van der Waals surface area contributed by atoms with E-state index in [1.807, 2.05) is 66.7 Å². The van der Waals surface area contributed by atoms with Crippen LogP contribution in [0.2, 0.25) is 0 Å². The maximum atomic E-state index is 12.4. The van der Waals surface area contributed by atoms with Crippen LogP contribution in [0.3, 0.4) is 0 Å². The van der Waals surface area contributed by atoms with Crippen LogP contribution in [-0.4, -0.2) is 5.91 Å². The van der Waals surface area contributed by atoms with Gasteiger partial charge in [-0.2, -0.15) is 5.26 Å². The van der Waals surface area contributed by atoms with E-state index < -0.39 is 5.91 Å². The number of benzene rings is 3. The van der Waals surface area contributed by atoms with Crippen molar-refractivity contribution in [1.29, 1.82) is 5.26 Å². The van der Waals surface area contributed by atoms with Crippen LogP contribution >= 0.6 is 15.9 Å². The average molecular weight is 433 g/mol. The predicted molar refractivity (Wildman–Crippen MR) is 114 cm³/mol. The number of amides is 1. The third kappa shape index (κ3) is 5.57. The Bertz CT molecular complexity index is 1020. The van der Waals surface area contributed by atoms with E-state index in [9.17, 15) is 10.1 Å². The van der Waals surface area contributed by atoms with Crippen molar-refractivity contribution in [3.63, 3.8) is 0 Å². The molecule has 0 fully saturated rings. The Morgan fingerprint density at radius 2 is 1.79 bits per heavy atom. The molecule has 138 valence electrons. The maximum Gasteiger partial charge on any atom is 0.266 e. The zero-order chi connectivity index (χ0) is 19.8. The van der Waals surface area contributed by atoms with Crippen molar-refractivity contribution in [2.75, 3.05) is 5.32 Å². The predicted octanol–water partition coefficient (Wildman–Crippen LogP) is 5.57. The van der Waals surface area contributed by atoms with Crippen molar-refractivity contribution in [3.05, 3.63) is 100 Å². The summed E-state index contributed by atoms with van der Waals surface area (Å²) in [6, 6.07) is 26.3. The number of hydrogen-bond donors (Lipinski definition) is 1. The Kier molecular flexibility index (Phi) is 6.61. The van der Waals surface area contributed by atoms with Gasteiger partial charge in [-0.05, 0) is 53.6 Å². The molecule has 3 aromatic carbocycles. The van der Waals surface area contributed by atoms with Gasteiger partial charge in [0.25, 0.3) is 5.91 Å². The normalized spacial score (nSPS) is 10.8. The van der Waals surface area contributed by atoms with E-state index in [0.29, 0.717) is 23.6 Å². The molecule has 0 saturated heterocycles. The molecule has 0 aromatic heterocycles. The van der Waals surface area contributed by atoms with Gasteiger partial charge in [-0.3, -0.25) is 4.79 Å². The molecular formula is C23H17BrN2O2. The minimum absolute atomic E-state index is 0.0168. The molecule has 28 heavy (non-hydrogen) atoms. The number of hydrogen-bond acceptors (Lipinski definition) is 3. The van der Waals surface area contributed by atoms with E-state index in [1.165, 1.54) is 0 Å². The number of rotatable bonds is 6. The van der Waals surface area contributed by atoms with Crippen molar-refractivity contribution in [1.82, 2.24) is 0 Å². The Balaban J connectivity index is 1.70. The first-order valence-electron chi connectivity index (χ1n) is 8.59. The lowest BCUT2D eigenvalue weighted by atomic mass is 10.1. The molecule has 0 atom stereocenters. The third-order valence-corrected chi connectivity index (χ3v) is 4.41. The summed E-state index contributed by atoms with van der Waals surface area (Å²) in [6.07, 6.45) is 1.55. The van der Waals surface area contributed by atoms with Gasteiger partial charge in [-0.1, -0.05) is 58.4 Å². The van der Waals surface area contributed by atoms with Crippen LogP contribution in [0.5, 0.6) is 5.75 Å². The van der Waals surface area contributed by atoms with Gasteiger partial charge in [-0.15, -0.1) is 0 Å². The number of nitrogens with one attached hydrogen (secondary N) is 1. The van der Waals surface area contributed by atoms with Crippen molar-refractivity contribution in [2.45, 2.75) is 6.61 Å². The van der Waals surface area contributed by atoms with Crippen LogP contribution < -0.4 is 10.1 Å². The van der Waals surface area contributed by atoms with E-state index in [0.717, 1.165) is 10.0 Å². The van der Waals surface area contributed by atoms with Gasteiger partial charge in [0.2, 0.25) is 0 Å². The summed E-state index contributed by atoms with van der Waals surface area (Å²) < 4.78 is 6.71. The van der Waals surface area contributed by atoms with Crippen molar-refractivity contribution in [3.8, 4) is 11.8 Å². The fourth-order valence-electron chi connectivity index (χ4n) is 2.48. The molecule has 0 saturated carbocycles. The molecule has 0 spiro atoms. The van der Waals surface area contributed by atoms with Crippen LogP contribution in [0.25, 0.3) is 6.08 Å². The van der Waals surface area contributed by atoms with Gasteiger partial charge < -0.3 is 10.1 Å². The van der Waals surface area contributed by atoms with E-state index in [-0.39, 0.29) is 5.57 Å². The molecule has 0 radical (unpaired) electrons. The van der Waals surface area contributed by atoms with Gasteiger partial charge in [0.15, 0.2) is 0 Å². The number of anilines is 1. The van der Waals surface area contributed by atoms with Gasteiger partial charge in [-0.25, -0.2) is 0 Å². The quantitative estimate of drug-likeness (QED) is 0.408. The lowest BCUT2D eigenvalue weighted by molar-refractivity contribution is -0.112. The van der Waals surface area contributed by atoms with E-state index in [2.05, 4.69) is 21.2 Å². The number of ether oxygens (including phenoxy) is 1. The Labute approximate surface area is 172 Å². The molecule has 3 aromatic rings. The van der Waals surface area contributed by atoms with Gasteiger partial charge in [0.05, 0.1) is 0 Å². The minimum Gasteiger partial charge on any atom is -0.489 e. The van der Waals surface area contributed by atoms with Crippen LogP contribution in [0.1, 0.15) is 11.1 Å². The van der Waals surface area contributed by atoms with E-state index >= 15 is 0 Å². The molecule has 0 aliphatic carbocycles. The molecule has 0 aliphatic heterocycles. The molecule has 1 amide bonds. The fourth-order valence-corrected chi connectivity index (χ4v) is 2.75. The smallest absolute Gasteiger partial charge is 0.266 e. The summed E-state index contributed by atoms with van der Waals surface area (Å²) >= 11 is 3.34. The second kappa shape index (κ2) is 9.54. The summed E-state index contributed by atoms with van der Waals surface area (Å²) in [4.78, 5) is 12.4. The average Bonchev–Trinajstić information content (AvgIpc) is 2.73. The number of halogens is 1. The second-order valence-electron chi connectivity index (χ2n) is 5.98. The maximum absolute atomic E-state index is 12.4. The Hall–Kier alpha value is -3.36. The lowest BCUT2D eigenvalue weighted by Crippen LogP contribution is -2.13. The van der Waals surface area contributed by atoms with E-state index in [1.54, 1.807) is 24.3 Å². The first-order valence-corrected chi connectivity index (χ1v) is 9.39. The molecule has 0 bridgehead atoms. The topological polar surface area (TPSA) is 62.1 Å². The van der Waals surface area contributed by atoms with Crippen LogP contribution in [0.4, 0.5) is 5.69 Å². The zero-order valence-corrected chi connectivity index (χ0v) is 16.5. The van der Waals surface area contributed by atoms with Gasteiger partial charge >= 0.3 is 0 Å². The van der Waals surface area contributed by atoms with Crippen molar-refractivity contribution in [2.24, 2.45) is 0 Å².